The average Bonchev–Trinajstić information content (AvgIpc) is 3.32. The molecule has 4 rings (SSSR count). The van der Waals surface area contributed by atoms with Crippen LogP contribution in [0.15, 0.2) is 0 Å². The second-order valence-electron chi connectivity index (χ2n) is 8.10. The molecule has 0 aromatic carbocycles. The molecule has 4 aliphatic rings. The number of sulfone groups is 1. The van der Waals surface area contributed by atoms with E-state index in [9.17, 15) is 18.0 Å². The van der Waals surface area contributed by atoms with Crippen LogP contribution < -0.4 is 5.32 Å². The maximum absolute atomic E-state index is 13.1. The Labute approximate surface area is 149 Å². The van der Waals surface area contributed by atoms with Gasteiger partial charge in [-0.05, 0) is 32.1 Å². The number of imide groups is 1. The van der Waals surface area contributed by atoms with Gasteiger partial charge in [0.2, 0.25) is 0 Å². The molecule has 2 heterocycles. The van der Waals surface area contributed by atoms with Crippen LogP contribution in [0.3, 0.4) is 0 Å². The molecular formula is C17H27N3O4S. The fraction of sp³-hybridized carbons (Fsp3) is 0.882. The van der Waals surface area contributed by atoms with Gasteiger partial charge in [0.05, 0.1) is 18.2 Å². The second-order valence-corrected chi connectivity index (χ2v) is 10.3. The van der Waals surface area contributed by atoms with E-state index in [1.54, 1.807) is 0 Å². The Bertz CT molecular complexity index is 665. The Kier molecular flexibility index (Phi) is 4.30. The first-order valence-corrected chi connectivity index (χ1v) is 11.3. The molecule has 0 aromatic rings. The number of hydrogen-bond donors (Lipinski definition) is 1. The van der Waals surface area contributed by atoms with Gasteiger partial charge in [-0.1, -0.05) is 25.7 Å². The van der Waals surface area contributed by atoms with E-state index < -0.39 is 15.4 Å². The van der Waals surface area contributed by atoms with Crippen LogP contribution >= 0.6 is 0 Å². The maximum Gasteiger partial charge on any atom is 0.326 e. The molecule has 2 aliphatic carbocycles. The number of hydrogen-bond acceptors (Lipinski definition) is 5. The molecule has 3 amide bonds. The molecule has 0 aromatic heterocycles. The Morgan fingerprint density at radius 2 is 1.72 bits per heavy atom. The first-order chi connectivity index (χ1) is 11.9. The van der Waals surface area contributed by atoms with Crippen molar-refractivity contribution in [3.05, 3.63) is 0 Å². The normalized spacial score (nSPS) is 31.6. The van der Waals surface area contributed by atoms with Crippen molar-refractivity contribution in [2.45, 2.75) is 75.4 Å². The van der Waals surface area contributed by atoms with Crippen molar-refractivity contribution < 1.29 is 18.0 Å². The zero-order valence-corrected chi connectivity index (χ0v) is 15.4. The van der Waals surface area contributed by atoms with Gasteiger partial charge in [-0.3, -0.25) is 9.69 Å². The highest BCUT2D eigenvalue weighted by Crippen LogP contribution is 2.36. The molecule has 8 heteroatoms. The zero-order chi connectivity index (χ0) is 17.7. The van der Waals surface area contributed by atoms with Gasteiger partial charge in [-0.15, -0.1) is 0 Å². The third-order valence-corrected chi connectivity index (χ3v) is 7.95. The maximum atomic E-state index is 13.1. The molecule has 1 spiro atoms. The molecule has 2 aliphatic heterocycles. The highest BCUT2D eigenvalue weighted by Gasteiger charge is 2.52. The highest BCUT2D eigenvalue weighted by atomic mass is 32.2. The van der Waals surface area contributed by atoms with Gasteiger partial charge in [0.1, 0.15) is 5.54 Å². The predicted molar refractivity (Wildman–Crippen MR) is 92.6 cm³/mol. The molecule has 2 saturated carbocycles. The summed E-state index contributed by atoms with van der Waals surface area (Å²) in [5.74, 6) is 0.259. The molecule has 1 N–H and O–H groups in total. The van der Waals surface area contributed by atoms with Crippen LogP contribution in [0.1, 0.15) is 57.8 Å². The fourth-order valence-corrected chi connectivity index (χ4v) is 6.35. The van der Waals surface area contributed by atoms with Gasteiger partial charge in [0.25, 0.3) is 5.91 Å². The summed E-state index contributed by atoms with van der Waals surface area (Å²) >= 11 is 0. The quantitative estimate of drug-likeness (QED) is 0.754. The van der Waals surface area contributed by atoms with Gasteiger partial charge in [0.15, 0.2) is 9.84 Å². The Balaban J connectivity index is 1.50. The number of carbonyl (C=O) groups is 2. The molecule has 4 fully saturated rings. The molecule has 140 valence electrons. The summed E-state index contributed by atoms with van der Waals surface area (Å²) in [7, 11) is -2.98. The largest absolute Gasteiger partial charge is 0.326 e. The summed E-state index contributed by atoms with van der Waals surface area (Å²) in [6, 6.07) is -0.0632. The Morgan fingerprint density at radius 3 is 2.28 bits per heavy atom. The third-order valence-electron chi connectivity index (χ3n) is 6.20. The number of nitrogens with zero attached hydrogens (tertiary/aromatic N) is 2. The van der Waals surface area contributed by atoms with E-state index in [-0.39, 0.29) is 36.2 Å². The lowest BCUT2D eigenvalue weighted by Gasteiger charge is -2.31. The topological polar surface area (TPSA) is 86.8 Å². The molecule has 25 heavy (non-hydrogen) atoms. The van der Waals surface area contributed by atoms with Crippen molar-refractivity contribution in [3.63, 3.8) is 0 Å². The van der Waals surface area contributed by atoms with Crippen molar-refractivity contribution >= 4 is 21.8 Å². The fourth-order valence-electron chi connectivity index (χ4n) is 4.61. The van der Waals surface area contributed by atoms with Crippen molar-refractivity contribution in [2.24, 2.45) is 0 Å². The Hall–Kier alpha value is -1.15. The molecule has 0 radical (unpaired) electrons. The minimum absolute atomic E-state index is 0.0659. The van der Waals surface area contributed by atoms with E-state index >= 15 is 0 Å². The molecule has 1 atom stereocenters. The predicted octanol–water partition coefficient (Wildman–Crippen LogP) is 1.24. The third kappa shape index (κ3) is 3.30. The SMILES string of the molecule is O=C1NC2(CCCCCC2)C(=O)N1CN(C1CC1)[C@@H]1CCS(=O)(=O)C1. The smallest absolute Gasteiger partial charge is 0.323 e. The number of carbonyl (C=O) groups excluding carboxylic acids is 2. The summed E-state index contributed by atoms with van der Waals surface area (Å²) in [4.78, 5) is 29.0. The van der Waals surface area contributed by atoms with Crippen LogP contribution in [0.2, 0.25) is 0 Å². The number of rotatable bonds is 4. The minimum atomic E-state index is -2.98. The van der Waals surface area contributed by atoms with Crippen LogP contribution in [0, 0.1) is 0 Å². The van der Waals surface area contributed by atoms with E-state index in [0.29, 0.717) is 12.5 Å². The van der Waals surface area contributed by atoms with Gasteiger partial charge in [-0.2, -0.15) is 0 Å². The highest BCUT2D eigenvalue weighted by molar-refractivity contribution is 7.91. The monoisotopic (exact) mass is 369 g/mol. The van der Waals surface area contributed by atoms with Crippen LogP contribution in [0.4, 0.5) is 4.79 Å². The summed E-state index contributed by atoms with van der Waals surface area (Å²) in [6.45, 7) is 0.233. The van der Waals surface area contributed by atoms with Crippen LogP contribution in [-0.4, -0.2) is 66.0 Å². The minimum Gasteiger partial charge on any atom is -0.323 e. The van der Waals surface area contributed by atoms with Crippen LogP contribution in [0.5, 0.6) is 0 Å². The first kappa shape index (κ1) is 17.3. The molecule has 0 unspecified atom stereocenters. The van der Waals surface area contributed by atoms with E-state index in [2.05, 4.69) is 10.2 Å². The van der Waals surface area contributed by atoms with Gasteiger partial charge < -0.3 is 5.32 Å². The number of nitrogens with one attached hydrogen (secondary N) is 1. The van der Waals surface area contributed by atoms with Crippen molar-refractivity contribution in [3.8, 4) is 0 Å². The first-order valence-electron chi connectivity index (χ1n) is 9.51. The summed E-state index contributed by atoms with van der Waals surface area (Å²) < 4.78 is 23.7. The number of amides is 3. The molecule has 0 bridgehead atoms. The summed E-state index contributed by atoms with van der Waals surface area (Å²) in [6.07, 6.45) is 8.23. The van der Waals surface area contributed by atoms with Gasteiger partial charge >= 0.3 is 6.03 Å². The average molecular weight is 369 g/mol. The van der Waals surface area contributed by atoms with E-state index in [0.717, 1.165) is 51.4 Å². The summed E-state index contributed by atoms with van der Waals surface area (Å²) in [5.41, 5.74) is -0.718. The van der Waals surface area contributed by atoms with Gasteiger partial charge in [-0.25, -0.2) is 18.1 Å². The molecule has 2 saturated heterocycles. The van der Waals surface area contributed by atoms with E-state index in [1.807, 2.05) is 0 Å². The lowest BCUT2D eigenvalue weighted by Crippen LogP contribution is -2.50. The lowest BCUT2D eigenvalue weighted by atomic mass is 9.90. The standard InChI is InChI=1S/C17H27N3O4S/c21-15-17(8-3-1-2-4-9-17)18-16(22)20(15)12-19(13-5-6-13)14-7-10-25(23,24)11-14/h13-14H,1-12H2,(H,18,22)/t14-/m1/s1. The number of urea groups is 1. The zero-order valence-electron chi connectivity index (χ0n) is 14.6. The lowest BCUT2D eigenvalue weighted by molar-refractivity contribution is -0.133. The van der Waals surface area contributed by atoms with Crippen LogP contribution in [-0.2, 0) is 14.6 Å². The molecular weight excluding hydrogens is 342 g/mol. The van der Waals surface area contributed by atoms with Crippen molar-refractivity contribution in [1.29, 1.82) is 0 Å². The van der Waals surface area contributed by atoms with Crippen LogP contribution in [0.25, 0.3) is 0 Å². The van der Waals surface area contributed by atoms with Gasteiger partial charge in [0, 0.05) is 12.1 Å². The van der Waals surface area contributed by atoms with E-state index in [1.165, 1.54) is 4.90 Å². The van der Waals surface area contributed by atoms with Crippen molar-refractivity contribution in [2.75, 3.05) is 18.2 Å². The van der Waals surface area contributed by atoms with E-state index in [4.69, 9.17) is 0 Å². The second kappa shape index (κ2) is 6.23. The Morgan fingerprint density at radius 1 is 1.04 bits per heavy atom. The summed E-state index contributed by atoms with van der Waals surface area (Å²) in [5, 5.41) is 2.97. The van der Waals surface area contributed by atoms with Crippen molar-refractivity contribution in [1.82, 2.24) is 15.1 Å². The molecule has 7 nitrogen and oxygen atoms in total.